The molecule has 0 unspecified atom stereocenters. The maximum Gasteiger partial charge on any atom is 0.388 e. The molecule has 2 rings (SSSR count). The molecular formula is C12H11F4N3O. The van der Waals surface area contributed by atoms with Crippen molar-refractivity contribution in [3.63, 3.8) is 0 Å². The average molecular weight is 289 g/mol. The third-order valence-corrected chi connectivity index (χ3v) is 2.56. The molecule has 1 heterocycles. The lowest BCUT2D eigenvalue weighted by molar-refractivity contribution is -0.0556. The van der Waals surface area contributed by atoms with E-state index in [-0.39, 0.29) is 24.5 Å². The topological polar surface area (TPSA) is 53.1 Å². The van der Waals surface area contributed by atoms with Gasteiger partial charge in [-0.15, -0.1) is 0 Å². The summed E-state index contributed by atoms with van der Waals surface area (Å²) < 4.78 is 56.4. The largest absolute Gasteiger partial charge is 0.417 e. The van der Waals surface area contributed by atoms with Gasteiger partial charge in [0.05, 0.1) is 12.2 Å². The standard InChI is InChI=1S/C12H11F4N3O/c13-9-3-1-2-7(11(9)14)6-19-10(20-12(15)16)4-8(5-17)18-19/h1-4,12H,5-6,17H2. The van der Waals surface area contributed by atoms with Crippen LogP contribution in [0.25, 0.3) is 0 Å². The molecule has 4 nitrogen and oxygen atoms in total. The van der Waals surface area contributed by atoms with Gasteiger partial charge < -0.3 is 10.5 Å². The molecule has 0 aliphatic heterocycles. The van der Waals surface area contributed by atoms with Gasteiger partial charge in [-0.05, 0) is 6.07 Å². The van der Waals surface area contributed by atoms with E-state index >= 15 is 0 Å². The van der Waals surface area contributed by atoms with Gasteiger partial charge in [0.2, 0.25) is 5.88 Å². The van der Waals surface area contributed by atoms with Crippen LogP contribution in [0.1, 0.15) is 11.3 Å². The number of hydrogen-bond acceptors (Lipinski definition) is 3. The second kappa shape index (κ2) is 5.91. The Morgan fingerprint density at radius 1 is 1.30 bits per heavy atom. The molecule has 0 amide bonds. The summed E-state index contributed by atoms with van der Waals surface area (Å²) in [6.07, 6.45) is 0. The molecule has 0 radical (unpaired) electrons. The van der Waals surface area contributed by atoms with Crippen molar-refractivity contribution in [2.75, 3.05) is 0 Å². The van der Waals surface area contributed by atoms with E-state index in [4.69, 9.17) is 5.73 Å². The van der Waals surface area contributed by atoms with Gasteiger partial charge >= 0.3 is 6.61 Å². The Kier molecular flexibility index (Phi) is 4.23. The summed E-state index contributed by atoms with van der Waals surface area (Å²) in [6.45, 7) is -3.28. The van der Waals surface area contributed by atoms with E-state index in [0.717, 1.165) is 10.7 Å². The summed E-state index contributed by atoms with van der Waals surface area (Å²) in [6, 6.07) is 4.83. The molecule has 0 aliphatic rings. The first kappa shape index (κ1) is 14.3. The number of alkyl halides is 2. The van der Waals surface area contributed by atoms with E-state index in [2.05, 4.69) is 9.84 Å². The van der Waals surface area contributed by atoms with Crippen LogP contribution in [0.5, 0.6) is 5.88 Å². The smallest absolute Gasteiger partial charge is 0.388 e. The number of rotatable bonds is 5. The quantitative estimate of drug-likeness (QED) is 0.859. The minimum Gasteiger partial charge on any atom is -0.417 e. The van der Waals surface area contributed by atoms with Crippen molar-refractivity contribution >= 4 is 0 Å². The Hall–Kier alpha value is -2.09. The van der Waals surface area contributed by atoms with E-state index in [1.807, 2.05) is 0 Å². The van der Waals surface area contributed by atoms with E-state index in [1.54, 1.807) is 0 Å². The Bertz CT molecular complexity index is 600. The maximum atomic E-state index is 13.5. The number of ether oxygens (including phenoxy) is 1. The molecule has 0 bridgehead atoms. The van der Waals surface area contributed by atoms with E-state index in [1.165, 1.54) is 18.2 Å². The number of halogens is 4. The molecule has 0 atom stereocenters. The van der Waals surface area contributed by atoms with Crippen molar-refractivity contribution in [1.82, 2.24) is 9.78 Å². The maximum absolute atomic E-state index is 13.5. The van der Waals surface area contributed by atoms with Crippen molar-refractivity contribution < 1.29 is 22.3 Å². The third kappa shape index (κ3) is 3.08. The molecule has 8 heteroatoms. The first-order chi connectivity index (χ1) is 9.51. The molecule has 1 aromatic heterocycles. The highest BCUT2D eigenvalue weighted by atomic mass is 19.3. The number of nitrogens with zero attached hydrogens (tertiary/aromatic N) is 2. The average Bonchev–Trinajstić information content (AvgIpc) is 2.76. The summed E-state index contributed by atoms with van der Waals surface area (Å²) in [4.78, 5) is 0. The Balaban J connectivity index is 2.32. The van der Waals surface area contributed by atoms with E-state index in [0.29, 0.717) is 5.69 Å². The van der Waals surface area contributed by atoms with Gasteiger partial charge in [-0.1, -0.05) is 12.1 Å². The molecule has 2 N–H and O–H groups in total. The van der Waals surface area contributed by atoms with Crippen LogP contribution >= 0.6 is 0 Å². The molecule has 0 saturated carbocycles. The van der Waals surface area contributed by atoms with Crippen molar-refractivity contribution in [2.45, 2.75) is 19.7 Å². The summed E-state index contributed by atoms with van der Waals surface area (Å²) in [5.74, 6) is -2.34. The lowest BCUT2D eigenvalue weighted by atomic mass is 10.2. The molecular weight excluding hydrogens is 278 g/mol. The summed E-state index contributed by atoms with van der Waals surface area (Å²) >= 11 is 0. The Morgan fingerprint density at radius 3 is 2.70 bits per heavy atom. The first-order valence-electron chi connectivity index (χ1n) is 5.65. The zero-order valence-electron chi connectivity index (χ0n) is 10.2. The molecule has 0 spiro atoms. The fourth-order valence-corrected chi connectivity index (χ4v) is 1.68. The zero-order valence-corrected chi connectivity index (χ0v) is 10.2. The molecule has 2 aromatic rings. The van der Waals surface area contributed by atoms with Gasteiger partial charge in [-0.3, -0.25) is 0 Å². The van der Waals surface area contributed by atoms with Gasteiger partial charge in [-0.25, -0.2) is 13.5 Å². The van der Waals surface area contributed by atoms with Crippen LogP contribution in [0.3, 0.4) is 0 Å². The fourth-order valence-electron chi connectivity index (χ4n) is 1.68. The normalized spacial score (nSPS) is 11.1. The van der Waals surface area contributed by atoms with Crippen LogP contribution < -0.4 is 10.5 Å². The molecule has 0 fully saturated rings. The number of benzene rings is 1. The number of aromatic nitrogens is 2. The minimum absolute atomic E-state index is 0.0121. The van der Waals surface area contributed by atoms with Crippen LogP contribution in [0.2, 0.25) is 0 Å². The van der Waals surface area contributed by atoms with Crippen LogP contribution in [-0.2, 0) is 13.1 Å². The highest BCUT2D eigenvalue weighted by molar-refractivity contribution is 5.22. The highest BCUT2D eigenvalue weighted by Gasteiger charge is 2.15. The predicted octanol–water partition coefficient (Wildman–Crippen LogP) is 2.27. The molecule has 20 heavy (non-hydrogen) atoms. The second-order valence-corrected chi connectivity index (χ2v) is 3.93. The fraction of sp³-hybridized carbons (Fsp3) is 0.250. The monoisotopic (exact) mass is 289 g/mol. The predicted molar refractivity (Wildman–Crippen MR) is 62.2 cm³/mol. The van der Waals surface area contributed by atoms with Crippen molar-refractivity contribution in [2.24, 2.45) is 5.73 Å². The lowest BCUT2D eigenvalue weighted by Crippen LogP contribution is -2.11. The molecule has 0 saturated heterocycles. The van der Waals surface area contributed by atoms with Crippen molar-refractivity contribution in [1.29, 1.82) is 0 Å². The SMILES string of the molecule is NCc1cc(OC(F)F)n(Cc2cccc(F)c2F)n1. The van der Waals surface area contributed by atoms with Crippen LogP contribution in [-0.4, -0.2) is 16.4 Å². The van der Waals surface area contributed by atoms with Gasteiger partial charge in [0.15, 0.2) is 11.6 Å². The third-order valence-electron chi connectivity index (χ3n) is 2.56. The molecule has 1 aromatic carbocycles. The lowest BCUT2D eigenvalue weighted by Gasteiger charge is -2.09. The summed E-state index contributed by atoms with van der Waals surface area (Å²) in [7, 11) is 0. The Morgan fingerprint density at radius 2 is 2.05 bits per heavy atom. The van der Waals surface area contributed by atoms with E-state index in [9.17, 15) is 17.6 Å². The van der Waals surface area contributed by atoms with E-state index < -0.39 is 18.2 Å². The first-order valence-corrected chi connectivity index (χ1v) is 5.65. The van der Waals surface area contributed by atoms with Gasteiger partial charge in [0.1, 0.15) is 0 Å². The molecule has 0 aliphatic carbocycles. The van der Waals surface area contributed by atoms with Crippen LogP contribution in [0.15, 0.2) is 24.3 Å². The zero-order chi connectivity index (χ0) is 14.7. The Labute approximate surface area is 111 Å². The number of nitrogens with two attached hydrogens (primary N) is 1. The van der Waals surface area contributed by atoms with Crippen molar-refractivity contribution in [3.8, 4) is 5.88 Å². The number of hydrogen-bond donors (Lipinski definition) is 1. The second-order valence-electron chi connectivity index (χ2n) is 3.93. The summed E-state index contributed by atoms with van der Waals surface area (Å²) in [5, 5.41) is 3.89. The van der Waals surface area contributed by atoms with Crippen LogP contribution in [0.4, 0.5) is 17.6 Å². The molecule has 108 valence electrons. The highest BCUT2D eigenvalue weighted by Crippen LogP contribution is 2.20. The van der Waals surface area contributed by atoms with Gasteiger partial charge in [-0.2, -0.15) is 13.9 Å². The van der Waals surface area contributed by atoms with Gasteiger partial charge in [0, 0.05) is 18.2 Å². The van der Waals surface area contributed by atoms with Crippen molar-refractivity contribution in [3.05, 3.63) is 47.2 Å². The van der Waals surface area contributed by atoms with Gasteiger partial charge in [0.25, 0.3) is 0 Å². The summed E-state index contributed by atoms with van der Waals surface area (Å²) in [5.41, 5.74) is 5.63. The van der Waals surface area contributed by atoms with Crippen LogP contribution in [0, 0.1) is 11.6 Å². The minimum atomic E-state index is -3.05.